The maximum atomic E-state index is 12.8. The summed E-state index contributed by atoms with van der Waals surface area (Å²) in [7, 11) is 3.69. The number of hydrogen-bond acceptors (Lipinski definition) is 4. The number of thiazole rings is 1. The van der Waals surface area contributed by atoms with Crippen molar-refractivity contribution in [2.75, 3.05) is 7.05 Å². The molecule has 0 radical (unpaired) electrons. The van der Waals surface area contributed by atoms with Gasteiger partial charge in [0.15, 0.2) is 0 Å². The molecule has 1 amide bonds. The first-order valence-electron chi connectivity index (χ1n) is 7.46. The van der Waals surface area contributed by atoms with Gasteiger partial charge in [0.05, 0.1) is 28.8 Å². The molecule has 5 nitrogen and oxygen atoms in total. The number of carbonyl (C=O) groups is 1. The monoisotopic (exact) mass is 320 g/mol. The van der Waals surface area contributed by atoms with Crippen LogP contribution in [0.25, 0.3) is 0 Å². The van der Waals surface area contributed by atoms with Gasteiger partial charge in [-0.05, 0) is 20.8 Å². The Bertz CT molecular complexity index is 667. The van der Waals surface area contributed by atoms with E-state index in [0.717, 1.165) is 21.3 Å². The summed E-state index contributed by atoms with van der Waals surface area (Å²) in [5, 5.41) is 1.12. The standard InChI is InChI=1S/C16H24N4OS/c1-9(2)15-18-11(4)14(22-15)12(5)20(7)16(21)13-10(3)17-8-19(13)6/h8-9,12H,1-7H3/t12-/m1/s1. The number of hydrogen-bond donors (Lipinski definition) is 0. The highest BCUT2D eigenvalue weighted by Gasteiger charge is 2.26. The molecule has 0 spiro atoms. The molecule has 0 unspecified atom stereocenters. The Morgan fingerprint density at radius 3 is 2.36 bits per heavy atom. The Morgan fingerprint density at radius 1 is 1.27 bits per heavy atom. The molecule has 0 fully saturated rings. The zero-order valence-electron chi connectivity index (χ0n) is 14.3. The van der Waals surface area contributed by atoms with Crippen LogP contribution >= 0.6 is 11.3 Å². The van der Waals surface area contributed by atoms with E-state index in [4.69, 9.17) is 0 Å². The number of rotatable bonds is 4. The van der Waals surface area contributed by atoms with Crippen LogP contribution in [0.4, 0.5) is 0 Å². The van der Waals surface area contributed by atoms with Crippen molar-refractivity contribution >= 4 is 17.2 Å². The van der Waals surface area contributed by atoms with Crippen molar-refractivity contribution in [1.29, 1.82) is 0 Å². The van der Waals surface area contributed by atoms with E-state index in [2.05, 4.69) is 23.8 Å². The lowest BCUT2D eigenvalue weighted by Crippen LogP contribution is -2.31. The van der Waals surface area contributed by atoms with Gasteiger partial charge in [-0.1, -0.05) is 13.8 Å². The second-order valence-electron chi connectivity index (χ2n) is 6.04. The van der Waals surface area contributed by atoms with Crippen molar-refractivity contribution in [3.8, 4) is 0 Å². The van der Waals surface area contributed by atoms with Crippen LogP contribution in [0.1, 0.15) is 64.5 Å². The van der Waals surface area contributed by atoms with Crippen LogP contribution in [-0.4, -0.2) is 32.4 Å². The Kier molecular flexibility index (Phi) is 4.70. The molecule has 0 aromatic carbocycles. The first-order chi connectivity index (χ1) is 10.2. The molecular weight excluding hydrogens is 296 g/mol. The lowest BCUT2D eigenvalue weighted by molar-refractivity contribution is 0.0734. The minimum atomic E-state index is -0.0103. The van der Waals surface area contributed by atoms with Crippen LogP contribution in [0.5, 0.6) is 0 Å². The maximum Gasteiger partial charge on any atom is 0.272 e. The predicted molar refractivity (Wildman–Crippen MR) is 89.4 cm³/mol. The Morgan fingerprint density at radius 2 is 1.91 bits per heavy atom. The van der Waals surface area contributed by atoms with Crippen molar-refractivity contribution in [3.05, 3.63) is 33.3 Å². The van der Waals surface area contributed by atoms with Crippen LogP contribution in [0.2, 0.25) is 0 Å². The van der Waals surface area contributed by atoms with E-state index >= 15 is 0 Å². The van der Waals surface area contributed by atoms with Crippen LogP contribution < -0.4 is 0 Å². The summed E-state index contributed by atoms with van der Waals surface area (Å²) in [5.74, 6) is 0.397. The molecule has 0 saturated heterocycles. The maximum absolute atomic E-state index is 12.8. The lowest BCUT2D eigenvalue weighted by Gasteiger charge is -2.24. The van der Waals surface area contributed by atoms with E-state index in [0.29, 0.717) is 11.6 Å². The molecule has 2 aromatic heterocycles. The Hall–Kier alpha value is -1.69. The van der Waals surface area contributed by atoms with Crippen molar-refractivity contribution in [1.82, 2.24) is 19.4 Å². The third-order valence-corrected chi connectivity index (χ3v) is 5.57. The number of carbonyl (C=O) groups excluding carboxylic acids is 1. The normalized spacial score (nSPS) is 12.7. The van der Waals surface area contributed by atoms with Crippen molar-refractivity contribution in [2.24, 2.45) is 7.05 Å². The zero-order valence-corrected chi connectivity index (χ0v) is 15.2. The minimum Gasteiger partial charge on any atom is -0.333 e. The smallest absolute Gasteiger partial charge is 0.272 e. The fraction of sp³-hybridized carbons (Fsp3) is 0.562. The Labute approximate surface area is 136 Å². The second kappa shape index (κ2) is 6.20. The van der Waals surface area contributed by atoms with Crippen molar-refractivity contribution in [2.45, 2.75) is 46.6 Å². The molecule has 0 saturated carbocycles. The van der Waals surface area contributed by atoms with E-state index in [1.807, 2.05) is 34.9 Å². The van der Waals surface area contributed by atoms with Crippen LogP contribution in [0.15, 0.2) is 6.33 Å². The summed E-state index contributed by atoms with van der Waals surface area (Å²) in [6, 6.07) is -0.00759. The fourth-order valence-corrected chi connectivity index (χ4v) is 3.60. The molecule has 22 heavy (non-hydrogen) atoms. The fourth-order valence-electron chi connectivity index (χ4n) is 2.44. The van der Waals surface area contributed by atoms with Gasteiger partial charge in [-0.25, -0.2) is 9.97 Å². The van der Waals surface area contributed by atoms with Gasteiger partial charge in [-0.15, -0.1) is 11.3 Å². The first-order valence-corrected chi connectivity index (χ1v) is 8.28. The highest BCUT2D eigenvalue weighted by molar-refractivity contribution is 7.11. The van der Waals surface area contributed by atoms with E-state index in [9.17, 15) is 4.79 Å². The van der Waals surface area contributed by atoms with Gasteiger partial charge >= 0.3 is 0 Å². The molecule has 0 bridgehead atoms. The molecule has 120 valence electrons. The average Bonchev–Trinajstić information content (AvgIpc) is 3.00. The summed E-state index contributed by atoms with van der Waals surface area (Å²) in [5.41, 5.74) is 2.42. The molecule has 0 aliphatic rings. The Balaban J connectivity index is 2.29. The van der Waals surface area contributed by atoms with Gasteiger partial charge in [0.2, 0.25) is 0 Å². The summed E-state index contributed by atoms with van der Waals surface area (Å²) in [4.78, 5) is 24.5. The van der Waals surface area contributed by atoms with E-state index in [1.165, 1.54) is 0 Å². The van der Waals surface area contributed by atoms with Gasteiger partial charge < -0.3 is 9.47 Å². The SMILES string of the molecule is Cc1nc(C(C)C)sc1[C@@H](C)N(C)C(=O)c1c(C)ncn1C. The van der Waals surface area contributed by atoms with Gasteiger partial charge in [0.25, 0.3) is 5.91 Å². The van der Waals surface area contributed by atoms with Crippen LogP contribution in [0.3, 0.4) is 0 Å². The zero-order chi connectivity index (χ0) is 16.6. The molecule has 6 heteroatoms. The molecule has 2 heterocycles. The topological polar surface area (TPSA) is 51.0 Å². The summed E-state index contributed by atoms with van der Waals surface area (Å²) < 4.78 is 1.78. The summed E-state index contributed by atoms with van der Waals surface area (Å²) in [6.45, 7) is 10.2. The molecule has 2 aromatic rings. The van der Waals surface area contributed by atoms with Gasteiger partial charge in [-0.3, -0.25) is 4.79 Å². The predicted octanol–water partition coefficient (Wildman–Crippen LogP) is 3.45. The number of amides is 1. The number of aromatic nitrogens is 3. The quantitative estimate of drug-likeness (QED) is 0.867. The lowest BCUT2D eigenvalue weighted by atomic mass is 10.2. The third kappa shape index (κ3) is 2.92. The summed E-state index contributed by atoms with van der Waals surface area (Å²) in [6.07, 6.45) is 1.68. The number of nitrogens with zero attached hydrogens (tertiary/aromatic N) is 4. The van der Waals surface area contributed by atoms with Crippen LogP contribution in [-0.2, 0) is 7.05 Å². The number of imidazole rings is 1. The second-order valence-corrected chi connectivity index (χ2v) is 7.10. The van der Waals surface area contributed by atoms with Crippen molar-refractivity contribution < 1.29 is 4.79 Å². The largest absolute Gasteiger partial charge is 0.333 e. The highest BCUT2D eigenvalue weighted by Crippen LogP contribution is 2.32. The third-order valence-electron chi connectivity index (χ3n) is 3.95. The molecule has 1 atom stereocenters. The number of aryl methyl sites for hydroxylation is 3. The van der Waals surface area contributed by atoms with Gasteiger partial charge in [0, 0.05) is 24.9 Å². The molecule has 0 aliphatic heterocycles. The summed E-state index contributed by atoms with van der Waals surface area (Å²) >= 11 is 1.70. The van der Waals surface area contributed by atoms with E-state index in [1.54, 1.807) is 27.1 Å². The average molecular weight is 320 g/mol. The first kappa shape index (κ1) is 16.7. The molecule has 0 N–H and O–H groups in total. The highest BCUT2D eigenvalue weighted by atomic mass is 32.1. The minimum absolute atomic E-state index is 0.00759. The van der Waals surface area contributed by atoms with Gasteiger partial charge in [0.1, 0.15) is 5.69 Å². The molecule has 0 aliphatic carbocycles. The van der Waals surface area contributed by atoms with Gasteiger partial charge in [-0.2, -0.15) is 0 Å². The van der Waals surface area contributed by atoms with E-state index < -0.39 is 0 Å². The van der Waals surface area contributed by atoms with Crippen LogP contribution in [0, 0.1) is 13.8 Å². The molecular formula is C16H24N4OS. The molecule has 2 rings (SSSR count). The van der Waals surface area contributed by atoms with E-state index in [-0.39, 0.29) is 11.9 Å². The van der Waals surface area contributed by atoms with Crippen molar-refractivity contribution in [3.63, 3.8) is 0 Å².